The van der Waals surface area contributed by atoms with Gasteiger partial charge in [-0.1, -0.05) is 12.1 Å². The van der Waals surface area contributed by atoms with E-state index >= 15 is 0 Å². The molecule has 0 heterocycles. The smallest absolute Gasteiger partial charge is 0.339 e. The van der Waals surface area contributed by atoms with Crippen molar-refractivity contribution in [2.45, 2.75) is 38.7 Å². The summed E-state index contributed by atoms with van der Waals surface area (Å²) >= 11 is 0. The average Bonchev–Trinajstić information content (AvgIpc) is 2.62. The van der Waals surface area contributed by atoms with Gasteiger partial charge in [-0.2, -0.15) is 15.8 Å². The highest BCUT2D eigenvalue weighted by atomic mass is 19.1. The summed E-state index contributed by atoms with van der Waals surface area (Å²) in [7, 11) is 1.29. The van der Waals surface area contributed by atoms with E-state index in [1.165, 1.54) is 13.2 Å². The Morgan fingerprint density at radius 2 is 2.12 bits per heavy atom. The maximum absolute atomic E-state index is 14.2. The van der Waals surface area contributed by atoms with E-state index in [1.807, 2.05) is 0 Å². The fraction of sp³-hybridized carbons (Fsp3) is 0.529. The fourth-order valence-corrected chi connectivity index (χ4v) is 2.97. The van der Waals surface area contributed by atoms with E-state index in [2.05, 4.69) is 34.6 Å². The molecule has 9 heteroatoms. The van der Waals surface area contributed by atoms with E-state index in [0.717, 1.165) is 18.9 Å². The summed E-state index contributed by atoms with van der Waals surface area (Å²) < 4.78 is 24.8. The van der Waals surface area contributed by atoms with Crippen LogP contribution < -0.4 is 15.0 Å². The lowest BCUT2D eigenvalue weighted by Crippen LogP contribution is -2.32. The second-order valence-corrected chi connectivity index (χ2v) is 6.57. The zero-order valence-electron chi connectivity index (χ0n) is 14.9. The number of methoxy groups -OCH3 is 1. The number of rotatable bonds is 8. The molecule has 2 rings (SSSR count). The van der Waals surface area contributed by atoms with Crippen molar-refractivity contribution in [2.75, 3.05) is 13.7 Å². The van der Waals surface area contributed by atoms with Crippen molar-refractivity contribution in [1.82, 2.24) is 5.53 Å². The quantitative estimate of drug-likeness (QED) is 0.417. The molecule has 0 atom stereocenters. The van der Waals surface area contributed by atoms with Crippen LogP contribution in [0.4, 0.5) is 4.39 Å². The van der Waals surface area contributed by atoms with Gasteiger partial charge in [-0.05, 0) is 31.1 Å². The van der Waals surface area contributed by atoms with Crippen LogP contribution in [0, 0.1) is 11.2 Å². The molecule has 0 bridgehead atoms. The third-order valence-corrected chi connectivity index (χ3v) is 4.56. The van der Waals surface area contributed by atoms with Crippen LogP contribution >= 0.6 is 0 Å². The van der Waals surface area contributed by atoms with E-state index in [1.54, 1.807) is 0 Å². The van der Waals surface area contributed by atoms with Gasteiger partial charge in [-0.15, -0.1) is 0 Å². The Labute approximate surface area is 151 Å². The Hall–Kier alpha value is -2.71. The summed E-state index contributed by atoms with van der Waals surface area (Å²) in [6.45, 7) is 5.90. The highest BCUT2D eigenvalue weighted by molar-refractivity contribution is 5.91. The Kier molecular flexibility index (Phi) is 6.48. The van der Waals surface area contributed by atoms with Crippen molar-refractivity contribution in [2.24, 2.45) is 20.9 Å². The van der Waals surface area contributed by atoms with Crippen molar-refractivity contribution < 1.29 is 23.8 Å². The average molecular weight is 366 g/mol. The van der Waals surface area contributed by atoms with E-state index in [4.69, 9.17) is 9.47 Å². The van der Waals surface area contributed by atoms with Crippen LogP contribution in [0.15, 0.2) is 27.6 Å². The molecule has 1 saturated carbocycles. The third kappa shape index (κ3) is 4.90. The number of aromatic carboxylic acids is 1. The molecule has 26 heavy (non-hydrogen) atoms. The van der Waals surface area contributed by atoms with Crippen LogP contribution in [0.3, 0.4) is 0 Å². The van der Waals surface area contributed by atoms with Crippen molar-refractivity contribution in [3.05, 3.63) is 23.5 Å². The van der Waals surface area contributed by atoms with Gasteiger partial charge < -0.3 is 14.6 Å². The Morgan fingerprint density at radius 3 is 2.69 bits per heavy atom. The first-order valence-electron chi connectivity index (χ1n) is 8.23. The molecule has 0 amide bonds. The van der Waals surface area contributed by atoms with E-state index in [9.17, 15) is 14.3 Å². The summed E-state index contributed by atoms with van der Waals surface area (Å²) in [5.41, 5.74) is 2.18. The number of carboxylic acid groups (broad SMARTS) is 1. The van der Waals surface area contributed by atoms with Crippen molar-refractivity contribution in [3.63, 3.8) is 0 Å². The lowest BCUT2D eigenvalue weighted by molar-refractivity contribution is 0.0689. The molecule has 8 nitrogen and oxygen atoms in total. The number of halogens is 1. The largest absolute Gasteiger partial charge is 0.496 e. The predicted octanol–water partition coefficient (Wildman–Crippen LogP) is 3.43. The van der Waals surface area contributed by atoms with Crippen LogP contribution in [0.2, 0.25) is 0 Å². The van der Waals surface area contributed by atoms with Gasteiger partial charge in [0.15, 0.2) is 11.6 Å². The van der Waals surface area contributed by atoms with Crippen LogP contribution in [0.25, 0.3) is 0 Å². The molecular formula is C17H23FN4O4. The minimum absolute atomic E-state index is 0.0170. The van der Waals surface area contributed by atoms with Gasteiger partial charge in [0.05, 0.1) is 19.8 Å². The Balaban J connectivity index is 2.00. The molecule has 1 aliphatic carbocycles. The van der Waals surface area contributed by atoms with E-state index in [-0.39, 0.29) is 28.6 Å². The maximum Gasteiger partial charge on any atom is 0.339 e. The fourth-order valence-electron chi connectivity index (χ4n) is 2.97. The van der Waals surface area contributed by atoms with Gasteiger partial charge in [0.2, 0.25) is 0 Å². The molecule has 0 saturated heterocycles. The molecule has 0 aromatic heterocycles. The van der Waals surface area contributed by atoms with Gasteiger partial charge >= 0.3 is 5.97 Å². The van der Waals surface area contributed by atoms with E-state index in [0.29, 0.717) is 19.4 Å². The number of nitrogens with one attached hydrogen (secondary N) is 1. The molecule has 1 aliphatic rings. The van der Waals surface area contributed by atoms with E-state index < -0.39 is 11.8 Å². The standard InChI is InChI=1S/C17H23FN4O4/c1-17(10-20-22-21-19-2)6-4-11(5-7-17)26-15-8-12(16(23)24)14(25-3)9-13(15)18/h8-9,11H,2,4-7,10H2,1,3H3,(H,20,21)(H,23,24). The first-order chi connectivity index (χ1) is 12.4. The summed E-state index contributed by atoms with van der Waals surface area (Å²) in [5.74, 6) is -1.95. The zero-order valence-corrected chi connectivity index (χ0v) is 14.9. The van der Waals surface area contributed by atoms with Crippen LogP contribution in [-0.2, 0) is 0 Å². The highest BCUT2D eigenvalue weighted by Crippen LogP contribution is 2.38. The summed E-state index contributed by atoms with van der Waals surface area (Å²) in [6.07, 6.45) is 2.92. The summed E-state index contributed by atoms with van der Waals surface area (Å²) in [6, 6.07) is 2.21. The Morgan fingerprint density at radius 1 is 1.42 bits per heavy atom. The molecule has 2 N–H and O–H groups in total. The monoisotopic (exact) mass is 366 g/mol. The van der Waals surface area contributed by atoms with Crippen molar-refractivity contribution >= 4 is 12.7 Å². The van der Waals surface area contributed by atoms with Crippen molar-refractivity contribution in [1.29, 1.82) is 0 Å². The number of ether oxygens (including phenoxy) is 2. The topological polar surface area (TPSA) is 105 Å². The number of carboxylic acids is 1. The minimum atomic E-state index is -1.20. The molecule has 0 radical (unpaired) electrons. The van der Waals surface area contributed by atoms with Gasteiger partial charge in [0, 0.05) is 18.9 Å². The molecule has 0 aliphatic heterocycles. The minimum Gasteiger partial charge on any atom is -0.496 e. The summed E-state index contributed by atoms with van der Waals surface area (Å²) in [4.78, 5) is 11.3. The number of benzene rings is 1. The van der Waals surface area contributed by atoms with Crippen molar-refractivity contribution in [3.8, 4) is 11.5 Å². The van der Waals surface area contributed by atoms with Crippen LogP contribution in [0.1, 0.15) is 43.0 Å². The second kappa shape index (κ2) is 8.59. The number of nitrogens with zero attached hydrogens (tertiary/aromatic N) is 3. The highest BCUT2D eigenvalue weighted by Gasteiger charge is 2.32. The molecule has 0 spiro atoms. The first kappa shape index (κ1) is 19.6. The lowest BCUT2D eigenvalue weighted by Gasteiger charge is -2.35. The molecule has 1 aromatic rings. The SMILES string of the molecule is C=NNN=NCC1(C)CCC(Oc2cc(C(=O)O)c(OC)cc2F)CC1. The van der Waals surface area contributed by atoms with Gasteiger partial charge in [0.1, 0.15) is 11.3 Å². The molecule has 1 fully saturated rings. The number of carbonyl (C=O) groups is 1. The zero-order chi connectivity index (χ0) is 19.2. The van der Waals surface area contributed by atoms with Crippen LogP contribution in [-0.4, -0.2) is 37.6 Å². The Bertz CT molecular complexity index is 688. The molecule has 142 valence electrons. The van der Waals surface area contributed by atoms with Gasteiger partial charge in [-0.3, -0.25) is 0 Å². The predicted molar refractivity (Wildman–Crippen MR) is 93.3 cm³/mol. The number of hydrogen-bond donors (Lipinski definition) is 2. The third-order valence-electron chi connectivity index (χ3n) is 4.56. The van der Waals surface area contributed by atoms with Gasteiger partial charge in [-0.25, -0.2) is 9.18 Å². The lowest BCUT2D eigenvalue weighted by atomic mass is 9.75. The van der Waals surface area contributed by atoms with Gasteiger partial charge in [0.25, 0.3) is 0 Å². The number of hydrogen-bond acceptors (Lipinski definition) is 6. The first-order valence-corrected chi connectivity index (χ1v) is 8.23. The number of hydrazone groups is 1. The molecule has 0 unspecified atom stereocenters. The normalized spacial score (nSPS) is 22.8. The maximum atomic E-state index is 14.2. The molecule has 1 aromatic carbocycles. The van der Waals surface area contributed by atoms with Crippen LogP contribution in [0.5, 0.6) is 11.5 Å². The summed E-state index contributed by atoms with van der Waals surface area (Å²) in [5, 5.41) is 20.3. The molecular weight excluding hydrogens is 343 g/mol. The second-order valence-electron chi connectivity index (χ2n) is 6.57.